The van der Waals surface area contributed by atoms with Crippen LogP contribution in [0.5, 0.6) is 0 Å². The minimum absolute atomic E-state index is 0.125. The lowest BCUT2D eigenvalue weighted by atomic mass is 10.2. The Morgan fingerprint density at radius 3 is 2.36 bits per heavy atom. The van der Waals surface area contributed by atoms with Crippen molar-refractivity contribution in [2.45, 2.75) is 25.5 Å². The number of hydrogen-bond acceptors (Lipinski definition) is 3. The van der Waals surface area contributed by atoms with Crippen molar-refractivity contribution >= 4 is 10.2 Å². The molecule has 1 aliphatic heterocycles. The lowest BCUT2D eigenvalue weighted by molar-refractivity contribution is 0.189. The van der Waals surface area contributed by atoms with E-state index in [-0.39, 0.29) is 12.6 Å². The molecule has 11 heavy (non-hydrogen) atoms. The first kappa shape index (κ1) is 8.92. The van der Waals surface area contributed by atoms with Gasteiger partial charge in [-0.25, -0.2) is 5.14 Å². The maximum Gasteiger partial charge on any atom is 0.277 e. The highest BCUT2D eigenvalue weighted by molar-refractivity contribution is 7.86. The third-order valence-corrected chi connectivity index (χ3v) is 2.99. The molecule has 0 aliphatic carbocycles. The summed E-state index contributed by atoms with van der Waals surface area (Å²) in [6, 6.07) is -0.181. The fourth-order valence-corrected chi connectivity index (χ4v) is 2.30. The minimum Gasteiger partial charge on any atom is -0.392 e. The van der Waals surface area contributed by atoms with Gasteiger partial charge in [0.2, 0.25) is 0 Å². The van der Waals surface area contributed by atoms with E-state index in [2.05, 4.69) is 0 Å². The van der Waals surface area contributed by atoms with Crippen LogP contribution in [0.3, 0.4) is 0 Å². The van der Waals surface area contributed by atoms with Gasteiger partial charge in [-0.05, 0) is 13.3 Å². The van der Waals surface area contributed by atoms with Crippen molar-refractivity contribution in [2.24, 2.45) is 5.14 Å². The smallest absolute Gasteiger partial charge is 0.277 e. The number of nitrogens with two attached hydrogens (primary N) is 1. The highest BCUT2D eigenvalue weighted by Gasteiger charge is 2.33. The van der Waals surface area contributed by atoms with Gasteiger partial charge in [0.05, 0.1) is 6.10 Å². The molecule has 0 aromatic heterocycles. The molecule has 0 amide bonds. The van der Waals surface area contributed by atoms with E-state index in [9.17, 15) is 8.42 Å². The molecule has 0 saturated carbocycles. The molecule has 1 fully saturated rings. The molecule has 0 radical (unpaired) electrons. The van der Waals surface area contributed by atoms with Crippen LogP contribution in [0.1, 0.15) is 13.3 Å². The van der Waals surface area contributed by atoms with Crippen LogP contribution in [0.25, 0.3) is 0 Å². The zero-order valence-electron chi connectivity index (χ0n) is 6.27. The topological polar surface area (TPSA) is 83.6 Å². The van der Waals surface area contributed by atoms with Gasteiger partial charge in [-0.3, -0.25) is 0 Å². The van der Waals surface area contributed by atoms with Crippen molar-refractivity contribution in [3.8, 4) is 0 Å². The van der Waals surface area contributed by atoms with Gasteiger partial charge in [-0.2, -0.15) is 12.7 Å². The Balaban J connectivity index is 2.76. The lowest BCUT2D eigenvalue weighted by Gasteiger charge is -2.16. The van der Waals surface area contributed by atoms with Crippen LogP contribution in [0.2, 0.25) is 0 Å². The summed E-state index contributed by atoms with van der Waals surface area (Å²) in [5.74, 6) is 0. The number of aliphatic hydroxyl groups excluding tert-OH is 1. The maximum absolute atomic E-state index is 10.8. The fraction of sp³-hybridized carbons (Fsp3) is 1.00. The maximum atomic E-state index is 10.8. The largest absolute Gasteiger partial charge is 0.392 e. The van der Waals surface area contributed by atoms with Crippen LogP contribution in [-0.2, 0) is 10.2 Å². The third kappa shape index (κ3) is 1.90. The Kier molecular flexibility index (Phi) is 2.19. The Morgan fingerprint density at radius 1 is 1.64 bits per heavy atom. The van der Waals surface area contributed by atoms with Gasteiger partial charge in [0.1, 0.15) is 0 Å². The monoisotopic (exact) mass is 180 g/mol. The van der Waals surface area contributed by atoms with Crippen molar-refractivity contribution in [3.05, 3.63) is 0 Å². The Labute approximate surface area is 66.0 Å². The third-order valence-electron chi connectivity index (χ3n) is 1.82. The Hall–Kier alpha value is -0.170. The van der Waals surface area contributed by atoms with Crippen molar-refractivity contribution < 1.29 is 13.5 Å². The summed E-state index contributed by atoms with van der Waals surface area (Å²) >= 11 is 0. The standard InChI is InChI=1S/C5H12N2O3S/c1-4-2-5(8)3-7(4)11(6,9)10/h4-5,8H,2-3H2,1H3,(H2,6,9,10). The summed E-state index contributed by atoms with van der Waals surface area (Å²) in [6.07, 6.45) is -0.0977. The van der Waals surface area contributed by atoms with E-state index in [1.807, 2.05) is 0 Å². The molecule has 2 atom stereocenters. The quantitative estimate of drug-likeness (QED) is 0.523. The van der Waals surface area contributed by atoms with Gasteiger partial charge >= 0.3 is 0 Å². The van der Waals surface area contributed by atoms with Crippen LogP contribution in [-0.4, -0.2) is 36.5 Å². The summed E-state index contributed by atoms with van der Waals surface area (Å²) in [6.45, 7) is 1.85. The number of nitrogens with zero attached hydrogens (tertiary/aromatic N) is 1. The summed E-state index contributed by atoms with van der Waals surface area (Å²) in [5.41, 5.74) is 0. The molecule has 1 heterocycles. The van der Waals surface area contributed by atoms with Gasteiger partial charge in [-0.15, -0.1) is 0 Å². The molecule has 5 nitrogen and oxygen atoms in total. The van der Waals surface area contributed by atoms with Gasteiger partial charge in [-0.1, -0.05) is 0 Å². The highest BCUT2D eigenvalue weighted by atomic mass is 32.2. The molecule has 66 valence electrons. The molecule has 0 aromatic rings. The second-order valence-electron chi connectivity index (χ2n) is 2.85. The van der Waals surface area contributed by atoms with E-state index in [0.717, 1.165) is 4.31 Å². The molecule has 6 heteroatoms. The zero-order valence-corrected chi connectivity index (χ0v) is 7.08. The molecule has 3 N–H and O–H groups in total. The van der Waals surface area contributed by atoms with Gasteiger partial charge in [0.15, 0.2) is 0 Å². The van der Waals surface area contributed by atoms with E-state index in [1.54, 1.807) is 6.92 Å². The number of aliphatic hydroxyl groups is 1. The molecular weight excluding hydrogens is 168 g/mol. The molecule has 1 saturated heterocycles. The fourth-order valence-electron chi connectivity index (χ4n) is 1.33. The molecular formula is C5H12N2O3S. The average Bonchev–Trinajstić information content (AvgIpc) is 2.08. The first-order valence-corrected chi connectivity index (χ1v) is 4.89. The van der Waals surface area contributed by atoms with Crippen molar-refractivity contribution in [2.75, 3.05) is 6.54 Å². The number of rotatable bonds is 1. The number of hydrogen-bond donors (Lipinski definition) is 2. The Morgan fingerprint density at radius 2 is 2.18 bits per heavy atom. The lowest BCUT2D eigenvalue weighted by Crippen LogP contribution is -2.39. The van der Waals surface area contributed by atoms with Crippen LogP contribution in [0.4, 0.5) is 0 Å². The molecule has 0 spiro atoms. The minimum atomic E-state index is -3.61. The summed E-state index contributed by atoms with van der Waals surface area (Å²) in [4.78, 5) is 0. The molecule has 1 aliphatic rings. The first-order chi connectivity index (χ1) is 4.91. The average molecular weight is 180 g/mol. The summed E-state index contributed by atoms with van der Waals surface area (Å²) in [7, 11) is -3.61. The molecule has 0 aromatic carbocycles. The van der Waals surface area contributed by atoms with E-state index < -0.39 is 16.3 Å². The normalized spacial score (nSPS) is 34.5. The highest BCUT2D eigenvalue weighted by Crippen LogP contribution is 2.18. The van der Waals surface area contributed by atoms with Gasteiger partial charge in [0, 0.05) is 12.6 Å². The summed E-state index contributed by atoms with van der Waals surface area (Å²) in [5, 5.41) is 14.0. The van der Waals surface area contributed by atoms with Crippen molar-refractivity contribution in [1.82, 2.24) is 4.31 Å². The zero-order chi connectivity index (χ0) is 8.65. The van der Waals surface area contributed by atoms with Crippen LogP contribution in [0, 0.1) is 0 Å². The van der Waals surface area contributed by atoms with Crippen molar-refractivity contribution in [1.29, 1.82) is 0 Å². The van der Waals surface area contributed by atoms with E-state index in [1.165, 1.54) is 0 Å². The van der Waals surface area contributed by atoms with Crippen molar-refractivity contribution in [3.63, 3.8) is 0 Å². The van der Waals surface area contributed by atoms with E-state index >= 15 is 0 Å². The SMILES string of the molecule is CC1CC(O)CN1S(N)(=O)=O. The van der Waals surface area contributed by atoms with Gasteiger partial charge in [0.25, 0.3) is 10.2 Å². The molecule has 0 bridgehead atoms. The predicted octanol–water partition coefficient (Wildman–Crippen LogP) is -1.35. The molecule has 2 unspecified atom stereocenters. The number of β-amino-alcohol motifs (C(OH)–C–C–N with tert-alkyl or cyclic N) is 1. The van der Waals surface area contributed by atoms with Gasteiger partial charge < -0.3 is 5.11 Å². The second-order valence-corrected chi connectivity index (χ2v) is 4.35. The first-order valence-electron chi connectivity index (χ1n) is 3.39. The van der Waals surface area contributed by atoms with Crippen LogP contribution < -0.4 is 5.14 Å². The van der Waals surface area contributed by atoms with E-state index in [4.69, 9.17) is 10.2 Å². The molecule has 1 rings (SSSR count). The van der Waals surface area contributed by atoms with Crippen LogP contribution in [0.15, 0.2) is 0 Å². The predicted molar refractivity (Wildman–Crippen MR) is 39.9 cm³/mol. The van der Waals surface area contributed by atoms with E-state index in [0.29, 0.717) is 6.42 Å². The second kappa shape index (κ2) is 2.71. The summed E-state index contributed by atoms with van der Waals surface area (Å²) < 4.78 is 22.7. The Bertz CT molecular complexity index is 238. The van der Waals surface area contributed by atoms with Crippen LogP contribution >= 0.6 is 0 Å².